The molecule has 276 valence electrons. The Balaban J connectivity index is 1.55. The SMILES string of the molecule is C=CC(C)(C)[C@H](NC(=O)NC1(CS(=O)C(C)(C)C)CCCCC1)C(=O)N1C[C@H]2[C@@H]([C@H]1C(=O)N[C@@H](CCCC)C(=O)C(=O)NC1CC1)C2(C)C. The van der Waals surface area contributed by atoms with Crippen molar-refractivity contribution in [1.29, 1.82) is 0 Å². The molecule has 4 N–H and O–H groups in total. The number of fused-ring (bicyclic) bond motifs is 1. The van der Waals surface area contributed by atoms with Gasteiger partial charge in [-0.05, 0) is 70.1 Å². The highest BCUT2D eigenvalue weighted by molar-refractivity contribution is 7.86. The van der Waals surface area contributed by atoms with Gasteiger partial charge in [0.05, 0.1) is 11.6 Å². The molecule has 5 amide bonds. The lowest BCUT2D eigenvalue weighted by Gasteiger charge is -2.41. The number of likely N-dealkylation sites (tertiary alicyclic amines) is 1. The second-order valence-corrected chi connectivity index (χ2v) is 19.4. The number of nitrogens with one attached hydrogen (secondary N) is 4. The maximum atomic E-state index is 14.6. The zero-order valence-electron chi connectivity index (χ0n) is 31.0. The van der Waals surface area contributed by atoms with Crippen LogP contribution in [0.15, 0.2) is 12.7 Å². The van der Waals surface area contributed by atoms with Crippen molar-refractivity contribution in [2.45, 2.75) is 154 Å². The summed E-state index contributed by atoms with van der Waals surface area (Å²) in [5.41, 5.74) is -1.72. The van der Waals surface area contributed by atoms with Crippen molar-refractivity contribution in [3.05, 3.63) is 12.7 Å². The summed E-state index contributed by atoms with van der Waals surface area (Å²) in [6.45, 7) is 19.9. The molecule has 0 aromatic carbocycles. The first-order valence-electron chi connectivity index (χ1n) is 18.3. The summed E-state index contributed by atoms with van der Waals surface area (Å²) in [7, 11) is -1.19. The van der Waals surface area contributed by atoms with Gasteiger partial charge >= 0.3 is 6.03 Å². The minimum atomic E-state index is -1.19. The Hall–Kier alpha value is -2.76. The molecule has 0 spiro atoms. The third-order valence-electron chi connectivity index (χ3n) is 11.4. The smallest absolute Gasteiger partial charge is 0.315 e. The molecule has 3 saturated carbocycles. The van der Waals surface area contributed by atoms with Crippen LogP contribution in [-0.2, 0) is 30.0 Å². The van der Waals surface area contributed by atoms with Crippen LogP contribution in [0.2, 0.25) is 0 Å². The van der Waals surface area contributed by atoms with E-state index in [0.717, 1.165) is 38.5 Å². The second-order valence-electron chi connectivity index (χ2n) is 17.2. The Kier molecular flexibility index (Phi) is 11.8. The molecule has 49 heavy (non-hydrogen) atoms. The first-order chi connectivity index (χ1) is 22.8. The van der Waals surface area contributed by atoms with Crippen LogP contribution in [0.4, 0.5) is 4.79 Å². The lowest BCUT2D eigenvalue weighted by molar-refractivity contribution is -0.145. The van der Waals surface area contributed by atoms with E-state index in [9.17, 15) is 28.2 Å². The predicted octanol–water partition coefficient (Wildman–Crippen LogP) is 4.12. The Morgan fingerprint density at radius 2 is 1.63 bits per heavy atom. The number of urea groups is 1. The molecule has 1 aliphatic heterocycles. The summed E-state index contributed by atoms with van der Waals surface area (Å²) >= 11 is 0. The van der Waals surface area contributed by atoms with Gasteiger partial charge in [0.15, 0.2) is 0 Å². The van der Waals surface area contributed by atoms with Crippen LogP contribution in [-0.4, -0.2) is 85.4 Å². The van der Waals surface area contributed by atoms with Gasteiger partial charge in [0.25, 0.3) is 5.91 Å². The number of unbranched alkanes of at least 4 members (excludes halogenated alkanes) is 1. The molecule has 6 atom stereocenters. The van der Waals surface area contributed by atoms with Gasteiger partial charge in [0.1, 0.15) is 12.1 Å². The number of ketones is 1. The van der Waals surface area contributed by atoms with Crippen molar-refractivity contribution in [2.75, 3.05) is 12.3 Å². The van der Waals surface area contributed by atoms with Gasteiger partial charge in [0, 0.05) is 39.3 Å². The number of piperidine rings is 1. The van der Waals surface area contributed by atoms with Crippen molar-refractivity contribution in [3.63, 3.8) is 0 Å². The summed E-state index contributed by atoms with van der Waals surface area (Å²) in [6.07, 6.45) is 9.36. The molecule has 4 aliphatic rings. The first-order valence-corrected chi connectivity index (χ1v) is 19.7. The Bertz CT molecular complexity index is 1330. The van der Waals surface area contributed by atoms with Gasteiger partial charge < -0.3 is 26.2 Å². The van der Waals surface area contributed by atoms with E-state index in [1.165, 1.54) is 0 Å². The number of hydrogen-bond acceptors (Lipinski definition) is 6. The molecule has 0 radical (unpaired) electrons. The van der Waals surface area contributed by atoms with Crippen LogP contribution in [0.1, 0.15) is 120 Å². The van der Waals surface area contributed by atoms with E-state index in [1.54, 1.807) is 11.0 Å². The third-order valence-corrected chi connectivity index (χ3v) is 13.6. The Morgan fingerprint density at radius 1 is 1.00 bits per heavy atom. The summed E-state index contributed by atoms with van der Waals surface area (Å²) in [4.78, 5) is 70.0. The summed E-state index contributed by atoms with van der Waals surface area (Å²) in [5, 5.41) is 11.7. The molecule has 0 aromatic rings. The number of amides is 5. The van der Waals surface area contributed by atoms with Crippen LogP contribution in [0.25, 0.3) is 0 Å². The monoisotopic (exact) mass is 703 g/mol. The fraction of sp³-hybridized carbons (Fsp3) is 0.811. The normalized spacial score (nSPS) is 26.0. The number of carbonyl (C=O) groups is 5. The van der Waals surface area contributed by atoms with Crippen LogP contribution in [0, 0.1) is 22.7 Å². The summed E-state index contributed by atoms with van der Waals surface area (Å²) < 4.78 is 12.8. The van der Waals surface area contributed by atoms with Gasteiger partial charge in [-0.1, -0.05) is 72.8 Å². The number of Topliss-reactive ketones (excluding diaryl/α,β-unsaturated/α-hetero) is 1. The van der Waals surface area contributed by atoms with E-state index >= 15 is 0 Å². The number of carbonyl (C=O) groups excluding carboxylic acids is 5. The van der Waals surface area contributed by atoms with Gasteiger partial charge in [-0.25, -0.2) is 4.79 Å². The highest BCUT2D eigenvalue weighted by Gasteiger charge is 2.70. The molecule has 12 heteroatoms. The fourth-order valence-electron chi connectivity index (χ4n) is 7.65. The number of hydrogen-bond donors (Lipinski definition) is 4. The minimum Gasteiger partial charge on any atom is -0.347 e. The van der Waals surface area contributed by atoms with E-state index in [-0.39, 0.29) is 23.3 Å². The molecule has 4 fully saturated rings. The van der Waals surface area contributed by atoms with Crippen molar-refractivity contribution in [3.8, 4) is 0 Å². The van der Waals surface area contributed by atoms with E-state index in [4.69, 9.17) is 0 Å². The molecular weight excluding hydrogens is 643 g/mol. The average molecular weight is 704 g/mol. The van der Waals surface area contributed by atoms with Crippen LogP contribution >= 0.6 is 0 Å². The van der Waals surface area contributed by atoms with Crippen molar-refractivity contribution >= 4 is 40.3 Å². The minimum absolute atomic E-state index is 0.0124. The van der Waals surface area contributed by atoms with E-state index < -0.39 is 74.2 Å². The van der Waals surface area contributed by atoms with Gasteiger partial charge in [-0.2, -0.15) is 0 Å². The lowest BCUT2D eigenvalue weighted by atomic mass is 9.82. The van der Waals surface area contributed by atoms with Gasteiger partial charge in [-0.3, -0.25) is 23.4 Å². The van der Waals surface area contributed by atoms with Crippen LogP contribution in [0.5, 0.6) is 0 Å². The van der Waals surface area contributed by atoms with Gasteiger partial charge in [0.2, 0.25) is 17.6 Å². The highest BCUT2D eigenvalue weighted by atomic mass is 32.2. The molecular formula is C37H61N5O6S. The fourth-order valence-corrected chi connectivity index (χ4v) is 8.94. The maximum absolute atomic E-state index is 14.6. The summed E-state index contributed by atoms with van der Waals surface area (Å²) in [6, 6.07) is -3.39. The van der Waals surface area contributed by atoms with E-state index in [1.807, 2.05) is 41.5 Å². The first kappa shape index (κ1) is 39.0. The highest BCUT2D eigenvalue weighted by Crippen LogP contribution is 2.65. The van der Waals surface area contributed by atoms with E-state index in [2.05, 4.69) is 41.7 Å². The Morgan fingerprint density at radius 3 is 2.18 bits per heavy atom. The predicted molar refractivity (Wildman–Crippen MR) is 192 cm³/mol. The number of rotatable bonds is 15. The number of nitrogens with zero attached hydrogens (tertiary/aromatic N) is 1. The standard InChI is InChI=1S/C37H61N5O6S/c1-10-12-16-25(28(43)31(45)38-23-17-18-23)39-30(44)27-26-24(36(26,8)9)21-42(27)32(46)29(35(6,7)11-2)40-33(47)41-37(19-14-13-15-20-37)22-49(48)34(3,4)5/h11,23-27,29H,2,10,12-22H2,1,3-9H3,(H,38,45)(H,39,44)(H2,40,41,47)/t24-,25-,26-,27-,29+,49?/m0/s1. The zero-order chi connectivity index (χ0) is 36.5. The third kappa shape index (κ3) is 8.95. The summed E-state index contributed by atoms with van der Waals surface area (Å²) in [5.74, 6) is -1.92. The van der Waals surface area contributed by atoms with Crippen molar-refractivity contribution in [1.82, 2.24) is 26.2 Å². The van der Waals surface area contributed by atoms with Crippen LogP contribution < -0.4 is 21.3 Å². The maximum Gasteiger partial charge on any atom is 0.315 e. The van der Waals surface area contributed by atoms with Crippen molar-refractivity contribution < 1.29 is 28.2 Å². The molecule has 0 aromatic heterocycles. The molecule has 1 unspecified atom stereocenters. The molecule has 1 heterocycles. The van der Waals surface area contributed by atoms with Crippen LogP contribution in [0.3, 0.4) is 0 Å². The van der Waals surface area contributed by atoms with Gasteiger partial charge in [-0.15, -0.1) is 6.58 Å². The largest absolute Gasteiger partial charge is 0.347 e. The van der Waals surface area contributed by atoms with E-state index in [0.29, 0.717) is 38.0 Å². The molecule has 1 saturated heterocycles. The molecule has 3 aliphatic carbocycles. The quantitative estimate of drug-likeness (QED) is 0.149. The second kappa shape index (κ2) is 14.8. The van der Waals surface area contributed by atoms with Crippen molar-refractivity contribution in [2.24, 2.45) is 22.7 Å². The molecule has 11 nitrogen and oxygen atoms in total. The lowest BCUT2D eigenvalue weighted by Crippen LogP contribution is -2.64. The topological polar surface area (TPSA) is 154 Å². The average Bonchev–Trinajstić information content (AvgIpc) is 3.88. The Labute approximate surface area is 295 Å². The zero-order valence-corrected chi connectivity index (χ0v) is 31.9. The molecule has 4 rings (SSSR count). The molecule has 0 bridgehead atoms.